The van der Waals surface area contributed by atoms with Gasteiger partial charge in [-0.3, -0.25) is 14.8 Å². The Labute approximate surface area is 195 Å². The summed E-state index contributed by atoms with van der Waals surface area (Å²) in [5.41, 5.74) is 4.12. The molecule has 7 nitrogen and oxygen atoms in total. The first-order valence-corrected chi connectivity index (χ1v) is 11.7. The Hall–Kier alpha value is -3.35. The van der Waals surface area contributed by atoms with E-state index in [9.17, 15) is 4.79 Å². The zero-order valence-corrected chi connectivity index (χ0v) is 19.4. The number of nitrogens with one attached hydrogen (secondary N) is 1. The third-order valence-corrected chi connectivity index (χ3v) is 6.33. The molecule has 0 bridgehead atoms. The molecule has 0 spiro atoms. The molecule has 1 aliphatic rings. The molecule has 0 aliphatic heterocycles. The van der Waals surface area contributed by atoms with Crippen molar-refractivity contribution in [3.63, 3.8) is 0 Å². The van der Waals surface area contributed by atoms with Gasteiger partial charge in [-0.15, -0.1) is 0 Å². The third kappa shape index (κ3) is 6.12. The smallest absolute Gasteiger partial charge is 0.225 e. The van der Waals surface area contributed by atoms with Gasteiger partial charge in [0.25, 0.3) is 0 Å². The number of hydrogen-bond acceptors (Lipinski definition) is 6. The summed E-state index contributed by atoms with van der Waals surface area (Å²) in [5.74, 6) is 1.73. The molecule has 0 unspecified atom stereocenters. The van der Waals surface area contributed by atoms with Gasteiger partial charge in [0.15, 0.2) is 0 Å². The molecule has 4 rings (SSSR count). The molecule has 1 amide bonds. The molecule has 0 radical (unpaired) electrons. The minimum absolute atomic E-state index is 0.116. The molecule has 1 fully saturated rings. The van der Waals surface area contributed by atoms with Crippen molar-refractivity contribution >= 4 is 11.9 Å². The van der Waals surface area contributed by atoms with Crippen LogP contribution in [0, 0.1) is 5.92 Å². The largest absolute Gasteiger partial charge is 0.356 e. The first kappa shape index (κ1) is 22.8. The standard InChI is InChI=1S/C26H32N6O/c1-32(2)26-30-18-22(23-7-3-4-15-28-23)25(31-26)21-11-8-20(9-12-21)17-29-24(33)13-10-19-6-5-14-27-16-19/h3-7,14-16,18,20-21H,8-13,17H2,1-2H3,(H,29,33). The van der Waals surface area contributed by atoms with Gasteiger partial charge in [0.1, 0.15) is 0 Å². The highest BCUT2D eigenvalue weighted by atomic mass is 16.1. The fourth-order valence-electron chi connectivity index (χ4n) is 4.42. The summed E-state index contributed by atoms with van der Waals surface area (Å²) in [6.45, 7) is 0.748. The molecular formula is C26H32N6O. The number of pyridine rings is 2. The highest BCUT2D eigenvalue weighted by Gasteiger charge is 2.27. The van der Waals surface area contributed by atoms with Crippen molar-refractivity contribution in [3.05, 3.63) is 66.4 Å². The normalized spacial score (nSPS) is 18.0. The van der Waals surface area contributed by atoms with Crippen LogP contribution >= 0.6 is 0 Å². The lowest BCUT2D eigenvalue weighted by Gasteiger charge is -2.29. The predicted octanol–water partition coefficient (Wildman–Crippen LogP) is 4.02. The monoisotopic (exact) mass is 444 g/mol. The second-order valence-corrected chi connectivity index (χ2v) is 8.96. The van der Waals surface area contributed by atoms with E-state index in [1.165, 1.54) is 0 Å². The van der Waals surface area contributed by atoms with E-state index in [0.717, 1.165) is 67.1 Å². The lowest BCUT2D eigenvalue weighted by molar-refractivity contribution is -0.121. The maximum atomic E-state index is 12.3. The second kappa shape index (κ2) is 11.0. The van der Waals surface area contributed by atoms with Gasteiger partial charge in [0, 0.05) is 63.3 Å². The van der Waals surface area contributed by atoms with Gasteiger partial charge >= 0.3 is 0 Å². The molecule has 7 heteroatoms. The minimum atomic E-state index is 0.116. The molecule has 0 atom stereocenters. The number of carbonyl (C=O) groups excluding carboxylic acids is 1. The van der Waals surface area contributed by atoms with Gasteiger partial charge < -0.3 is 10.2 Å². The summed E-state index contributed by atoms with van der Waals surface area (Å²) in [6.07, 6.45) is 12.8. The Morgan fingerprint density at radius 3 is 2.58 bits per heavy atom. The summed E-state index contributed by atoms with van der Waals surface area (Å²) in [6, 6.07) is 9.86. The van der Waals surface area contributed by atoms with Crippen molar-refractivity contribution in [2.75, 3.05) is 25.5 Å². The lowest BCUT2D eigenvalue weighted by Crippen LogP contribution is -2.31. The van der Waals surface area contributed by atoms with Crippen LogP contribution in [0.3, 0.4) is 0 Å². The zero-order valence-electron chi connectivity index (χ0n) is 19.4. The van der Waals surface area contributed by atoms with E-state index in [1.54, 1.807) is 6.20 Å². The van der Waals surface area contributed by atoms with Crippen LogP contribution in [0.25, 0.3) is 11.3 Å². The van der Waals surface area contributed by atoms with Crippen LogP contribution in [-0.4, -0.2) is 46.5 Å². The van der Waals surface area contributed by atoms with Crippen molar-refractivity contribution < 1.29 is 4.79 Å². The number of anilines is 1. The summed E-state index contributed by atoms with van der Waals surface area (Å²) < 4.78 is 0. The number of aryl methyl sites for hydroxylation is 1. The molecule has 3 aromatic rings. The molecule has 33 heavy (non-hydrogen) atoms. The molecule has 1 aliphatic carbocycles. The molecule has 172 valence electrons. The maximum absolute atomic E-state index is 12.3. The average molecular weight is 445 g/mol. The van der Waals surface area contributed by atoms with Crippen LogP contribution in [0.15, 0.2) is 55.1 Å². The zero-order chi connectivity index (χ0) is 23.0. The SMILES string of the molecule is CN(C)c1ncc(-c2ccccn2)c(C2CCC(CNC(=O)CCc3cccnc3)CC2)n1. The first-order valence-electron chi connectivity index (χ1n) is 11.7. The molecule has 3 aromatic heterocycles. The highest BCUT2D eigenvalue weighted by Crippen LogP contribution is 2.38. The van der Waals surface area contributed by atoms with Gasteiger partial charge in [0.2, 0.25) is 11.9 Å². The highest BCUT2D eigenvalue weighted by molar-refractivity contribution is 5.76. The van der Waals surface area contributed by atoms with E-state index in [4.69, 9.17) is 4.98 Å². The van der Waals surface area contributed by atoms with Crippen molar-refractivity contribution in [2.45, 2.75) is 44.4 Å². The minimum Gasteiger partial charge on any atom is -0.356 e. The Balaban J connectivity index is 1.33. The fourth-order valence-corrected chi connectivity index (χ4v) is 4.42. The predicted molar refractivity (Wildman–Crippen MR) is 130 cm³/mol. The molecule has 0 aromatic carbocycles. The number of rotatable bonds is 8. The van der Waals surface area contributed by atoms with E-state index in [-0.39, 0.29) is 5.91 Å². The van der Waals surface area contributed by atoms with Crippen LogP contribution < -0.4 is 10.2 Å². The quantitative estimate of drug-likeness (QED) is 0.565. The van der Waals surface area contributed by atoms with Crippen molar-refractivity contribution in [1.82, 2.24) is 25.3 Å². The van der Waals surface area contributed by atoms with E-state index >= 15 is 0 Å². The maximum Gasteiger partial charge on any atom is 0.225 e. The second-order valence-electron chi connectivity index (χ2n) is 8.96. The summed E-state index contributed by atoms with van der Waals surface area (Å²) in [5, 5.41) is 3.14. The molecule has 3 heterocycles. The first-order chi connectivity index (χ1) is 16.1. The average Bonchev–Trinajstić information content (AvgIpc) is 2.87. The van der Waals surface area contributed by atoms with Crippen molar-refractivity contribution in [1.29, 1.82) is 0 Å². The molecular weight excluding hydrogens is 412 g/mol. The summed E-state index contributed by atoms with van der Waals surface area (Å²) in [4.78, 5) is 32.3. The van der Waals surface area contributed by atoms with E-state index in [0.29, 0.717) is 18.3 Å². The van der Waals surface area contributed by atoms with Gasteiger partial charge in [-0.05, 0) is 61.8 Å². The van der Waals surface area contributed by atoms with Crippen LogP contribution in [-0.2, 0) is 11.2 Å². The Bertz CT molecular complexity index is 1030. The van der Waals surface area contributed by atoms with Gasteiger partial charge in [0.05, 0.1) is 11.4 Å². The fraction of sp³-hybridized carbons (Fsp3) is 0.423. The van der Waals surface area contributed by atoms with Gasteiger partial charge in [-0.1, -0.05) is 12.1 Å². The number of aromatic nitrogens is 4. The van der Waals surface area contributed by atoms with E-state index < -0.39 is 0 Å². The summed E-state index contributed by atoms with van der Waals surface area (Å²) >= 11 is 0. The van der Waals surface area contributed by atoms with Crippen molar-refractivity contribution in [3.8, 4) is 11.3 Å². The molecule has 1 saturated carbocycles. The van der Waals surface area contributed by atoms with Gasteiger partial charge in [-0.2, -0.15) is 0 Å². The van der Waals surface area contributed by atoms with E-state index in [2.05, 4.69) is 20.3 Å². The number of carbonyl (C=O) groups is 1. The Kier molecular flexibility index (Phi) is 7.60. The van der Waals surface area contributed by atoms with Crippen LogP contribution in [0.2, 0.25) is 0 Å². The molecule has 1 N–H and O–H groups in total. The Morgan fingerprint density at radius 2 is 1.88 bits per heavy atom. The summed E-state index contributed by atoms with van der Waals surface area (Å²) in [7, 11) is 3.93. The van der Waals surface area contributed by atoms with Crippen LogP contribution in [0.1, 0.15) is 49.3 Å². The topological polar surface area (TPSA) is 83.9 Å². The molecule has 0 saturated heterocycles. The number of hydrogen-bond donors (Lipinski definition) is 1. The number of nitrogens with zero attached hydrogens (tertiary/aromatic N) is 5. The van der Waals surface area contributed by atoms with E-state index in [1.807, 2.05) is 67.9 Å². The lowest BCUT2D eigenvalue weighted by atomic mass is 9.79. The van der Waals surface area contributed by atoms with Crippen LogP contribution in [0.5, 0.6) is 0 Å². The number of amides is 1. The Morgan fingerprint density at radius 1 is 1.03 bits per heavy atom. The third-order valence-electron chi connectivity index (χ3n) is 6.33. The van der Waals surface area contributed by atoms with Gasteiger partial charge in [-0.25, -0.2) is 9.97 Å². The van der Waals surface area contributed by atoms with Crippen molar-refractivity contribution in [2.24, 2.45) is 5.92 Å². The van der Waals surface area contributed by atoms with Crippen LogP contribution in [0.4, 0.5) is 5.95 Å².